The monoisotopic (exact) mass is 435 g/mol. The van der Waals surface area contributed by atoms with Gasteiger partial charge in [0.1, 0.15) is 17.4 Å². The lowest BCUT2D eigenvalue weighted by atomic mass is 9.73. The first kappa shape index (κ1) is 22.6. The molecule has 0 aliphatic rings. The number of nitrogens with zero attached hydrogens (tertiary/aromatic N) is 2. The lowest BCUT2D eigenvalue weighted by Gasteiger charge is -2.38. The van der Waals surface area contributed by atoms with Crippen molar-refractivity contribution in [3.8, 4) is 11.8 Å². The molecular weight excluding hydrogens is 414 g/mol. The highest BCUT2D eigenvalue weighted by Crippen LogP contribution is 2.45. The van der Waals surface area contributed by atoms with Gasteiger partial charge in [-0.25, -0.2) is 9.37 Å². The Kier molecular flexibility index (Phi) is 5.72. The molecule has 2 aromatic carbocycles. The topological polar surface area (TPSA) is 81.9 Å². The van der Waals surface area contributed by atoms with Crippen molar-refractivity contribution in [3.05, 3.63) is 59.2 Å². The Balaban J connectivity index is 2.00. The number of hydrogen-bond donors (Lipinski definition) is 2. The molecule has 2 N–H and O–H groups in total. The molecule has 1 heterocycles. The van der Waals surface area contributed by atoms with E-state index in [4.69, 9.17) is 10.00 Å². The van der Waals surface area contributed by atoms with Crippen molar-refractivity contribution >= 4 is 11.0 Å². The highest BCUT2D eigenvalue weighted by Gasteiger charge is 2.56. The average molecular weight is 435 g/mol. The summed E-state index contributed by atoms with van der Waals surface area (Å²) in [4.78, 5) is 6.88. The molecule has 0 radical (unpaired) electrons. The SMILES string of the molecule is COc1ccc(F)cc1C(C)(C)CC(O)(Cc1nc2ccc(C#N)cc2[nH]1)C(F)(F)F. The first-order valence-corrected chi connectivity index (χ1v) is 9.40. The van der Waals surface area contributed by atoms with Gasteiger partial charge in [0, 0.05) is 12.0 Å². The average Bonchev–Trinajstić information content (AvgIpc) is 3.07. The van der Waals surface area contributed by atoms with Gasteiger partial charge in [-0.15, -0.1) is 0 Å². The van der Waals surface area contributed by atoms with Gasteiger partial charge in [0.15, 0.2) is 5.60 Å². The Hall–Kier alpha value is -3.12. The second-order valence-electron chi connectivity index (χ2n) is 8.14. The van der Waals surface area contributed by atoms with Crippen molar-refractivity contribution in [2.24, 2.45) is 0 Å². The van der Waals surface area contributed by atoms with E-state index in [0.29, 0.717) is 16.6 Å². The smallest absolute Gasteiger partial charge is 0.417 e. The van der Waals surface area contributed by atoms with Crippen LogP contribution in [0.1, 0.15) is 37.2 Å². The third-order valence-corrected chi connectivity index (χ3v) is 5.27. The standard InChI is InChI=1S/C22H21F4N3O2/c1-20(2,15-9-14(23)5-7-18(15)31-3)12-21(30,22(24,25)26)10-19-28-16-6-4-13(11-27)8-17(16)29-19/h4-9,30H,10,12H2,1-3H3,(H,28,29). The molecule has 1 atom stereocenters. The van der Waals surface area contributed by atoms with Crippen LogP contribution in [0.25, 0.3) is 11.0 Å². The molecule has 0 bridgehead atoms. The Bertz CT molecular complexity index is 1150. The number of H-pyrrole nitrogens is 1. The van der Waals surface area contributed by atoms with Gasteiger partial charge in [-0.05, 0) is 48.2 Å². The number of hydrogen-bond acceptors (Lipinski definition) is 4. The summed E-state index contributed by atoms with van der Waals surface area (Å²) in [6.45, 7) is 2.97. The third-order valence-electron chi connectivity index (χ3n) is 5.27. The number of imidazole rings is 1. The van der Waals surface area contributed by atoms with Crippen LogP contribution in [-0.2, 0) is 11.8 Å². The minimum atomic E-state index is -4.98. The second kappa shape index (κ2) is 7.85. The zero-order valence-electron chi connectivity index (χ0n) is 17.1. The number of aromatic nitrogens is 2. The number of nitrogens with one attached hydrogen (secondary N) is 1. The molecule has 0 saturated carbocycles. The maximum absolute atomic E-state index is 14.0. The summed E-state index contributed by atoms with van der Waals surface area (Å²) in [5, 5.41) is 19.8. The fourth-order valence-corrected chi connectivity index (χ4v) is 3.79. The van der Waals surface area contributed by atoms with Gasteiger partial charge in [-0.2, -0.15) is 18.4 Å². The van der Waals surface area contributed by atoms with Crippen LogP contribution in [0.2, 0.25) is 0 Å². The van der Waals surface area contributed by atoms with E-state index in [-0.39, 0.29) is 17.1 Å². The van der Waals surface area contributed by atoms with Gasteiger partial charge in [0.25, 0.3) is 0 Å². The summed E-state index contributed by atoms with van der Waals surface area (Å²) in [5.41, 5.74) is -3.14. The fraction of sp³-hybridized carbons (Fsp3) is 0.364. The number of aromatic amines is 1. The summed E-state index contributed by atoms with van der Waals surface area (Å²) in [6, 6.07) is 10.0. The van der Waals surface area contributed by atoms with Crippen molar-refractivity contribution in [1.29, 1.82) is 5.26 Å². The number of rotatable bonds is 6. The van der Waals surface area contributed by atoms with Crippen LogP contribution < -0.4 is 4.74 Å². The van der Waals surface area contributed by atoms with Crippen molar-refractivity contribution in [2.45, 2.75) is 43.9 Å². The van der Waals surface area contributed by atoms with E-state index >= 15 is 0 Å². The van der Waals surface area contributed by atoms with E-state index in [1.54, 1.807) is 0 Å². The summed E-state index contributed by atoms with van der Waals surface area (Å²) < 4.78 is 61.1. The van der Waals surface area contributed by atoms with Gasteiger partial charge >= 0.3 is 6.18 Å². The van der Waals surface area contributed by atoms with Gasteiger partial charge in [-0.3, -0.25) is 0 Å². The van der Waals surface area contributed by atoms with E-state index in [1.807, 2.05) is 6.07 Å². The van der Waals surface area contributed by atoms with Crippen molar-refractivity contribution in [3.63, 3.8) is 0 Å². The van der Waals surface area contributed by atoms with Crippen LogP contribution in [-0.4, -0.2) is 34.0 Å². The number of ether oxygens (including phenoxy) is 1. The molecule has 31 heavy (non-hydrogen) atoms. The number of nitriles is 1. The second-order valence-corrected chi connectivity index (χ2v) is 8.14. The lowest BCUT2D eigenvalue weighted by molar-refractivity contribution is -0.266. The Morgan fingerprint density at radius 1 is 1.16 bits per heavy atom. The minimum absolute atomic E-state index is 0.0769. The third kappa shape index (κ3) is 4.49. The molecule has 0 spiro atoms. The summed E-state index contributed by atoms with van der Waals surface area (Å²) in [6.07, 6.45) is -6.58. The van der Waals surface area contributed by atoms with Crippen molar-refractivity contribution < 1.29 is 27.4 Å². The Labute approximate surface area is 176 Å². The van der Waals surface area contributed by atoms with Gasteiger partial charge in [-0.1, -0.05) is 13.8 Å². The number of fused-ring (bicyclic) bond motifs is 1. The number of aliphatic hydroxyl groups is 1. The van der Waals surface area contributed by atoms with E-state index < -0.39 is 35.9 Å². The van der Waals surface area contributed by atoms with E-state index in [1.165, 1.54) is 45.2 Å². The summed E-state index contributed by atoms with van der Waals surface area (Å²) >= 11 is 0. The molecular formula is C22H21F4N3O2. The zero-order chi connectivity index (χ0) is 23.0. The lowest BCUT2D eigenvalue weighted by Crippen LogP contribution is -2.51. The first-order chi connectivity index (χ1) is 14.4. The van der Waals surface area contributed by atoms with Gasteiger partial charge in [0.2, 0.25) is 0 Å². The molecule has 0 amide bonds. The Morgan fingerprint density at radius 2 is 1.87 bits per heavy atom. The number of benzene rings is 2. The predicted octanol–water partition coefficient (Wildman–Crippen LogP) is 4.79. The van der Waals surface area contributed by atoms with Crippen LogP contribution in [0.15, 0.2) is 36.4 Å². The fourth-order valence-electron chi connectivity index (χ4n) is 3.79. The Morgan fingerprint density at radius 3 is 2.48 bits per heavy atom. The highest BCUT2D eigenvalue weighted by atomic mass is 19.4. The van der Waals surface area contributed by atoms with E-state index in [9.17, 15) is 22.7 Å². The summed E-state index contributed by atoms with van der Waals surface area (Å²) in [7, 11) is 1.34. The molecule has 0 fully saturated rings. The highest BCUT2D eigenvalue weighted by molar-refractivity contribution is 5.76. The van der Waals surface area contributed by atoms with Gasteiger partial charge < -0.3 is 14.8 Å². The van der Waals surface area contributed by atoms with E-state index in [0.717, 1.165) is 12.1 Å². The van der Waals surface area contributed by atoms with E-state index in [2.05, 4.69) is 9.97 Å². The molecule has 0 aliphatic carbocycles. The number of halogens is 4. The molecule has 9 heteroatoms. The number of methoxy groups -OCH3 is 1. The maximum atomic E-state index is 14.0. The minimum Gasteiger partial charge on any atom is -0.496 e. The molecule has 1 aromatic heterocycles. The van der Waals surface area contributed by atoms with Crippen LogP contribution in [0.5, 0.6) is 5.75 Å². The van der Waals surface area contributed by atoms with Crippen LogP contribution in [0.4, 0.5) is 17.6 Å². The van der Waals surface area contributed by atoms with Crippen LogP contribution >= 0.6 is 0 Å². The van der Waals surface area contributed by atoms with Crippen molar-refractivity contribution in [1.82, 2.24) is 9.97 Å². The van der Waals surface area contributed by atoms with Crippen molar-refractivity contribution in [2.75, 3.05) is 7.11 Å². The quantitative estimate of drug-likeness (QED) is 0.546. The van der Waals surface area contributed by atoms with Gasteiger partial charge in [0.05, 0.1) is 29.8 Å². The predicted molar refractivity (Wildman–Crippen MR) is 106 cm³/mol. The summed E-state index contributed by atoms with van der Waals surface area (Å²) in [5.74, 6) is -0.472. The molecule has 1 unspecified atom stereocenters. The maximum Gasteiger partial charge on any atom is 0.417 e. The molecule has 0 aliphatic heterocycles. The first-order valence-electron chi connectivity index (χ1n) is 9.40. The largest absolute Gasteiger partial charge is 0.496 e. The normalized spacial score (nSPS) is 14.3. The molecule has 0 saturated heterocycles. The molecule has 5 nitrogen and oxygen atoms in total. The van der Waals surface area contributed by atoms with Crippen LogP contribution in [0.3, 0.4) is 0 Å². The number of alkyl halides is 3. The van der Waals surface area contributed by atoms with Crippen LogP contribution in [0, 0.1) is 17.1 Å². The molecule has 3 rings (SSSR count). The zero-order valence-corrected chi connectivity index (χ0v) is 17.1. The molecule has 3 aromatic rings. The molecule has 164 valence electrons.